The molecule has 1 atom stereocenters. The number of ether oxygens (including phenoxy) is 1. The van der Waals surface area contributed by atoms with E-state index in [4.69, 9.17) is 10.5 Å². The van der Waals surface area contributed by atoms with Crippen LogP contribution in [0.15, 0.2) is 24.3 Å². The smallest absolute Gasteiger partial charge is 0.119 e. The standard InChI is InChI=1S/C13H19NO.ClH/c1-10(14)11-6-8-13(9-7-11)15-12-4-2-3-5-12;/h6-10,12H,2-5,14H2,1H3;1H/t10-;/m1./s1. The van der Waals surface area contributed by atoms with Crippen LogP contribution in [0.25, 0.3) is 0 Å². The lowest BCUT2D eigenvalue weighted by Crippen LogP contribution is -2.11. The van der Waals surface area contributed by atoms with Crippen LogP contribution in [0, 0.1) is 0 Å². The van der Waals surface area contributed by atoms with Crippen LogP contribution in [-0.4, -0.2) is 6.10 Å². The number of benzene rings is 1. The molecule has 1 aromatic rings. The van der Waals surface area contributed by atoms with E-state index in [-0.39, 0.29) is 18.4 Å². The molecule has 0 spiro atoms. The van der Waals surface area contributed by atoms with Crippen molar-refractivity contribution in [1.82, 2.24) is 0 Å². The quantitative estimate of drug-likeness (QED) is 0.880. The molecule has 1 fully saturated rings. The average molecular weight is 242 g/mol. The van der Waals surface area contributed by atoms with Crippen molar-refractivity contribution in [2.45, 2.75) is 44.8 Å². The van der Waals surface area contributed by atoms with Gasteiger partial charge in [-0.1, -0.05) is 12.1 Å². The van der Waals surface area contributed by atoms with E-state index in [0.717, 1.165) is 11.3 Å². The van der Waals surface area contributed by atoms with Gasteiger partial charge in [0.05, 0.1) is 6.10 Å². The summed E-state index contributed by atoms with van der Waals surface area (Å²) in [6.07, 6.45) is 5.46. The summed E-state index contributed by atoms with van der Waals surface area (Å²) in [6, 6.07) is 8.25. The second-order valence-corrected chi connectivity index (χ2v) is 4.38. The molecule has 0 heterocycles. The fourth-order valence-corrected chi connectivity index (χ4v) is 2.05. The van der Waals surface area contributed by atoms with E-state index in [1.165, 1.54) is 25.7 Å². The van der Waals surface area contributed by atoms with Crippen LogP contribution in [0.5, 0.6) is 5.75 Å². The Labute approximate surface area is 104 Å². The third-order valence-electron chi connectivity index (χ3n) is 3.01. The van der Waals surface area contributed by atoms with E-state index >= 15 is 0 Å². The SMILES string of the molecule is C[C@@H](N)c1ccc(OC2CCCC2)cc1.Cl. The molecule has 0 aromatic heterocycles. The van der Waals surface area contributed by atoms with Crippen molar-refractivity contribution in [3.8, 4) is 5.75 Å². The maximum atomic E-state index is 5.87. The fraction of sp³-hybridized carbons (Fsp3) is 0.538. The molecule has 2 nitrogen and oxygen atoms in total. The second-order valence-electron chi connectivity index (χ2n) is 4.38. The molecule has 1 aliphatic rings. The zero-order chi connectivity index (χ0) is 10.7. The van der Waals surface area contributed by atoms with Crippen LogP contribution in [-0.2, 0) is 0 Å². The molecule has 1 saturated carbocycles. The summed E-state index contributed by atoms with van der Waals surface area (Å²) >= 11 is 0. The molecule has 1 aromatic carbocycles. The van der Waals surface area contributed by atoms with E-state index in [1.54, 1.807) is 0 Å². The van der Waals surface area contributed by atoms with Gasteiger partial charge < -0.3 is 10.5 Å². The summed E-state index contributed by atoms with van der Waals surface area (Å²) in [5.41, 5.74) is 6.95. The zero-order valence-corrected chi connectivity index (χ0v) is 10.5. The molecular weight excluding hydrogens is 222 g/mol. The molecule has 2 N–H and O–H groups in total. The molecule has 3 heteroatoms. The predicted molar refractivity (Wildman–Crippen MR) is 69.2 cm³/mol. The summed E-state index contributed by atoms with van der Waals surface area (Å²) in [5, 5.41) is 0. The van der Waals surface area contributed by atoms with Crippen LogP contribution < -0.4 is 10.5 Å². The van der Waals surface area contributed by atoms with Gasteiger partial charge in [0.1, 0.15) is 5.75 Å². The molecular formula is C13H20ClNO. The van der Waals surface area contributed by atoms with Gasteiger partial charge in [-0.3, -0.25) is 0 Å². The van der Waals surface area contributed by atoms with Crippen molar-refractivity contribution in [2.75, 3.05) is 0 Å². The van der Waals surface area contributed by atoms with Gasteiger partial charge in [-0.2, -0.15) is 0 Å². The summed E-state index contributed by atoms with van der Waals surface area (Å²) in [7, 11) is 0. The number of rotatable bonds is 3. The molecule has 0 amide bonds. The van der Waals surface area contributed by atoms with E-state index in [1.807, 2.05) is 19.1 Å². The van der Waals surface area contributed by atoms with Crippen molar-refractivity contribution >= 4 is 12.4 Å². The van der Waals surface area contributed by atoms with Gasteiger partial charge in [0, 0.05) is 6.04 Å². The van der Waals surface area contributed by atoms with Crippen molar-refractivity contribution in [3.63, 3.8) is 0 Å². The van der Waals surface area contributed by atoms with Crippen LogP contribution >= 0.6 is 12.4 Å². The second kappa shape index (κ2) is 6.12. The van der Waals surface area contributed by atoms with E-state index < -0.39 is 0 Å². The predicted octanol–water partition coefficient (Wildman–Crippen LogP) is 3.45. The van der Waals surface area contributed by atoms with Crippen molar-refractivity contribution in [3.05, 3.63) is 29.8 Å². The van der Waals surface area contributed by atoms with E-state index in [9.17, 15) is 0 Å². The van der Waals surface area contributed by atoms with Crippen LogP contribution in [0.2, 0.25) is 0 Å². The zero-order valence-electron chi connectivity index (χ0n) is 9.69. The Bertz CT molecular complexity index is 304. The summed E-state index contributed by atoms with van der Waals surface area (Å²) < 4.78 is 5.87. The first-order chi connectivity index (χ1) is 7.25. The lowest BCUT2D eigenvalue weighted by atomic mass is 10.1. The summed E-state index contributed by atoms with van der Waals surface area (Å²) in [6.45, 7) is 1.99. The highest BCUT2D eigenvalue weighted by atomic mass is 35.5. The third kappa shape index (κ3) is 3.39. The highest BCUT2D eigenvalue weighted by molar-refractivity contribution is 5.85. The Morgan fingerprint density at radius 3 is 2.25 bits per heavy atom. The van der Waals surface area contributed by atoms with Gasteiger partial charge in [-0.05, 0) is 50.3 Å². The molecule has 0 bridgehead atoms. The Hall–Kier alpha value is -0.730. The number of hydrogen-bond acceptors (Lipinski definition) is 2. The normalized spacial score (nSPS) is 17.9. The number of hydrogen-bond donors (Lipinski definition) is 1. The molecule has 0 unspecified atom stereocenters. The van der Waals surface area contributed by atoms with Gasteiger partial charge in [0.2, 0.25) is 0 Å². The molecule has 90 valence electrons. The molecule has 0 aliphatic heterocycles. The first kappa shape index (κ1) is 13.3. The Morgan fingerprint density at radius 2 is 1.75 bits per heavy atom. The van der Waals surface area contributed by atoms with Crippen LogP contribution in [0.3, 0.4) is 0 Å². The van der Waals surface area contributed by atoms with Gasteiger partial charge in [-0.25, -0.2) is 0 Å². The first-order valence-electron chi connectivity index (χ1n) is 5.78. The average Bonchev–Trinajstić information content (AvgIpc) is 2.71. The highest BCUT2D eigenvalue weighted by Gasteiger charge is 2.16. The van der Waals surface area contributed by atoms with Gasteiger partial charge in [-0.15, -0.1) is 12.4 Å². The lowest BCUT2D eigenvalue weighted by Gasteiger charge is -2.13. The highest BCUT2D eigenvalue weighted by Crippen LogP contribution is 2.24. The van der Waals surface area contributed by atoms with Crippen LogP contribution in [0.4, 0.5) is 0 Å². The largest absolute Gasteiger partial charge is 0.490 e. The monoisotopic (exact) mass is 241 g/mol. The minimum atomic E-state index is 0. The van der Waals surface area contributed by atoms with Crippen LogP contribution in [0.1, 0.15) is 44.2 Å². The Kier molecular flexibility index (Phi) is 5.10. The Morgan fingerprint density at radius 1 is 1.19 bits per heavy atom. The van der Waals surface area contributed by atoms with Crippen molar-refractivity contribution in [2.24, 2.45) is 5.73 Å². The summed E-state index contributed by atoms with van der Waals surface area (Å²) in [4.78, 5) is 0. The van der Waals surface area contributed by atoms with Crippen molar-refractivity contribution in [1.29, 1.82) is 0 Å². The van der Waals surface area contributed by atoms with E-state index in [2.05, 4.69) is 12.1 Å². The maximum Gasteiger partial charge on any atom is 0.119 e. The Balaban J connectivity index is 0.00000128. The molecule has 2 rings (SSSR count). The van der Waals surface area contributed by atoms with Gasteiger partial charge in [0.15, 0.2) is 0 Å². The fourth-order valence-electron chi connectivity index (χ4n) is 2.05. The van der Waals surface area contributed by atoms with E-state index in [0.29, 0.717) is 6.10 Å². The van der Waals surface area contributed by atoms with Gasteiger partial charge in [0.25, 0.3) is 0 Å². The lowest BCUT2D eigenvalue weighted by molar-refractivity contribution is 0.210. The van der Waals surface area contributed by atoms with Crippen molar-refractivity contribution < 1.29 is 4.74 Å². The summed E-state index contributed by atoms with van der Waals surface area (Å²) in [5.74, 6) is 0.978. The molecule has 0 radical (unpaired) electrons. The molecule has 16 heavy (non-hydrogen) atoms. The number of nitrogens with two attached hydrogens (primary N) is 1. The third-order valence-corrected chi connectivity index (χ3v) is 3.01. The maximum absolute atomic E-state index is 5.87. The topological polar surface area (TPSA) is 35.2 Å². The number of halogens is 1. The van der Waals surface area contributed by atoms with Gasteiger partial charge >= 0.3 is 0 Å². The minimum Gasteiger partial charge on any atom is -0.490 e. The minimum absolute atomic E-state index is 0. The molecule has 0 saturated heterocycles. The first-order valence-corrected chi connectivity index (χ1v) is 5.78. The molecule has 1 aliphatic carbocycles.